The molecule has 0 aliphatic heterocycles. The topological polar surface area (TPSA) is 92.3 Å². The van der Waals surface area contributed by atoms with Crippen LogP contribution in [0, 0.1) is 17.2 Å². The number of nitrogens with one attached hydrogen (secondary N) is 1. The van der Waals surface area contributed by atoms with Crippen molar-refractivity contribution < 1.29 is 31.9 Å². The molecule has 2 rings (SSSR count). The van der Waals surface area contributed by atoms with Crippen LogP contribution in [0.2, 0.25) is 0 Å². The third-order valence-electron chi connectivity index (χ3n) is 4.70. The van der Waals surface area contributed by atoms with Gasteiger partial charge >= 0.3 is 12.1 Å². The molecule has 1 N–H and O–H groups in total. The Labute approximate surface area is 171 Å². The molecule has 160 valence electrons. The van der Waals surface area contributed by atoms with Crippen LogP contribution in [0.1, 0.15) is 43.8 Å². The molecule has 0 saturated carbocycles. The number of hydrogen-bond donors (Lipinski definition) is 1. The molecule has 1 heterocycles. The first-order valence-corrected chi connectivity index (χ1v) is 9.09. The molecule has 9 heteroatoms. The lowest BCUT2D eigenvalue weighted by molar-refractivity contribution is -0.137. The van der Waals surface area contributed by atoms with Gasteiger partial charge in [-0.15, -0.1) is 0 Å². The second-order valence-electron chi connectivity index (χ2n) is 7.25. The van der Waals surface area contributed by atoms with Crippen molar-refractivity contribution in [1.29, 1.82) is 5.26 Å². The summed E-state index contributed by atoms with van der Waals surface area (Å²) in [5.74, 6) is -2.03. The summed E-state index contributed by atoms with van der Waals surface area (Å²) in [5.41, 5.74) is -1.85. The number of nitrogens with zero attached hydrogens (tertiary/aromatic N) is 1. The summed E-state index contributed by atoms with van der Waals surface area (Å²) in [6.07, 6.45) is -5.73. The van der Waals surface area contributed by atoms with Crippen LogP contribution in [0.3, 0.4) is 0 Å². The monoisotopic (exact) mass is 422 g/mol. The van der Waals surface area contributed by atoms with Gasteiger partial charge in [-0.3, -0.25) is 4.79 Å². The number of furan rings is 1. The second-order valence-corrected chi connectivity index (χ2v) is 7.25. The predicted octanol–water partition coefficient (Wildman–Crippen LogP) is 4.57. The van der Waals surface area contributed by atoms with Crippen molar-refractivity contribution in [2.24, 2.45) is 5.92 Å². The van der Waals surface area contributed by atoms with E-state index in [1.807, 2.05) is 6.07 Å². The van der Waals surface area contributed by atoms with E-state index in [0.29, 0.717) is 0 Å². The van der Waals surface area contributed by atoms with Gasteiger partial charge in [-0.05, 0) is 44.0 Å². The standard InChI is InChI=1S/C21H21F3N2O4/c1-12(2)20(4,11-25)26-18(27)13(3)29-19(28)17-9-8-16(30-17)14-6-5-7-15(10-14)21(22,23)24/h5-10,12-13H,1-4H3,(H,26,27). The molecule has 0 fully saturated rings. The van der Waals surface area contributed by atoms with Crippen molar-refractivity contribution in [2.45, 2.75) is 45.5 Å². The average Bonchev–Trinajstić information content (AvgIpc) is 3.17. The maximum Gasteiger partial charge on any atom is 0.416 e. The minimum absolute atomic E-state index is 0.0435. The smallest absolute Gasteiger partial charge is 0.416 e. The first-order chi connectivity index (χ1) is 13.9. The van der Waals surface area contributed by atoms with Crippen LogP contribution in [-0.2, 0) is 15.7 Å². The van der Waals surface area contributed by atoms with Gasteiger partial charge in [0.1, 0.15) is 11.3 Å². The van der Waals surface area contributed by atoms with Crippen LogP contribution in [0.25, 0.3) is 11.3 Å². The van der Waals surface area contributed by atoms with Gasteiger partial charge < -0.3 is 14.5 Å². The summed E-state index contributed by atoms with van der Waals surface area (Å²) in [7, 11) is 0. The third kappa shape index (κ3) is 5.20. The minimum Gasteiger partial charge on any atom is -0.449 e. The highest BCUT2D eigenvalue weighted by molar-refractivity contribution is 5.90. The Bertz CT molecular complexity index is 975. The van der Waals surface area contributed by atoms with Gasteiger partial charge in [0.05, 0.1) is 11.6 Å². The molecule has 0 saturated heterocycles. The fraction of sp³-hybridized carbons (Fsp3) is 0.381. The molecule has 0 spiro atoms. The average molecular weight is 422 g/mol. The van der Waals surface area contributed by atoms with Gasteiger partial charge in [0.15, 0.2) is 6.10 Å². The number of carbonyl (C=O) groups is 2. The fourth-order valence-electron chi connectivity index (χ4n) is 2.38. The summed E-state index contributed by atoms with van der Waals surface area (Å²) >= 11 is 0. The van der Waals surface area contributed by atoms with Gasteiger partial charge in [0.2, 0.25) is 5.76 Å². The van der Waals surface area contributed by atoms with Crippen LogP contribution in [0.15, 0.2) is 40.8 Å². The van der Waals surface area contributed by atoms with E-state index in [1.54, 1.807) is 20.8 Å². The number of nitriles is 1. The van der Waals surface area contributed by atoms with Gasteiger partial charge in [0.25, 0.3) is 5.91 Å². The van der Waals surface area contributed by atoms with Crippen molar-refractivity contribution in [3.8, 4) is 17.4 Å². The van der Waals surface area contributed by atoms with Gasteiger partial charge in [-0.25, -0.2) is 4.79 Å². The van der Waals surface area contributed by atoms with Crippen LogP contribution in [-0.4, -0.2) is 23.5 Å². The lowest BCUT2D eigenvalue weighted by atomic mass is 9.90. The maximum atomic E-state index is 12.9. The number of rotatable bonds is 6. The minimum atomic E-state index is -4.51. The molecule has 0 bridgehead atoms. The number of alkyl halides is 3. The first-order valence-electron chi connectivity index (χ1n) is 9.09. The van der Waals surface area contributed by atoms with Crippen LogP contribution < -0.4 is 5.32 Å². The molecule has 2 atom stereocenters. The van der Waals surface area contributed by atoms with Gasteiger partial charge in [0, 0.05) is 5.56 Å². The lowest BCUT2D eigenvalue weighted by Crippen LogP contribution is -2.52. The van der Waals surface area contributed by atoms with E-state index in [0.717, 1.165) is 12.1 Å². The zero-order chi connectivity index (χ0) is 22.7. The molecule has 0 aliphatic carbocycles. The van der Waals surface area contributed by atoms with Crippen molar-refractivity contribution in [3.05, 3.63) is 47.7 Å². The van der Waals surface area contributed by atoms with Gasteiger partial charge in [-0.1, -0.05) is 26.0 Å². The first kappa shape index (κ1) is 23.0. The van der Waals surface area contributed by atoms with Crippen LogP contribution in [0.5, 0.6) is 0 Å². The molecule has 0 radical (unpaired) electrons. The highest BCUT2D eigenvalue weighted by Crippen LogP contribution is 2.32. The van der Waals surface area contributed by atoms with Crippen molar-refractivity contribution in [1.82, 2.24) is 5.32 Å². The summed E-state index contributed by atoms with van der Waals surface area (Å²) in [6.45, 7) is 6.41. The Kier molecular flexibility index (Phi) is 6.60. The van der Waals surface area contributed by atoms with Crippen molar-refractivity contribution in [3.63, 3.8) is 0 Å². The largest absolute Gasteiger partial charge is 0.449 e. The molecular formula is C21H21F3N2O4. The second kappa shape index (κ2) is 8.61. The molecule has 1 amide bonds. The number of ether oxygens (including phenoxy) is 1. The van der Waals surface area contributed by atoms with E-state index in [2.05, 4.69) is 5.32 Å². The predicted molar refractivity (Wildman–Crippen MR) is 101 cm³/mol. The number of carbonyl (C=O) groups excluding carboxylic acids is 2. The van der Waals surface area contributed by atoms with Crippen LogP contribution in [0.4, 0.5) is 13.2 Å². The zero-order valence-corrected chi connectivity index (χ0v) is 16.8. The molecule has 2 aromatic rings. The Morgan fingerprint density at radius 3 is 2.40 bits per heavy atom. The Balaban J connectivity index is 2.10. The van der Waals surface area contributed by atoms with E-state index in [9.17, 15) is 28.0 Å². The highest BCUT2D eigenvalue weighted by atomic mass is 19.4. The van der Waals surface area contributed by atoms with E-state index >= 15 is 0 Å². The number of benzene rings is 1. The molecule has 30 heavy (non-hydrogen) atoms. The van der Waals surface area contributed by atoms with Crippen molar-refractivity contribution in [2.75, 3.05) is 0 Å². The van der Waals surface area contributed by atoms with Gasteiger partial charge in [-0.2, -0.15) is 18.4 Å². The molecule has 1 aromatic carbocycles. The lowest BCUT2D eigenvalue weighted by Gasteiger charge is -2.28. The normalized spacial score (nSPS) is 14.5. The van der Waals surface area contributed by atoms with Crippen LogP contribution >= 0.6 is 0 Å². The summed E-state index contributed by atoms with van der Waals surface area (Å²) in [5, 5.41) is 11.8. The molecule has 1 aromatic heterocycles. The molecular weight excluding hydrogens is 401 g/mol. The Morgan fingerprint density at radius 2 is 1.83 bits per heavy atom. The summed E-state index contributed by atoms with van der Waals surface area (Å²) < 4.78 is 49.0. The quantitative estimate of drug-likeness (QED) is 0.689. The third-order valence-corrected chi connectivity index (χ3v) is 4.70. The molecule has 2 unspecified atom stereocenters. The number of esters is 1. The highest BCUT2D eigenvalue weighted by Gasteiger charge is 2.33. The van der Waals surface area contributed by atoms with E-state index in [-0.39, 0.29) is 23.0 Å². The van der Waals surface area contributed by atoms with E-state index in [4.69, 9.17) is 9.15 Å². The van der Waals surface area contributed by atoms with E-state index in [1.165, 1.54) is 31.2 Å². The number of amides is 1. The summed E-state index contributed by atoms with van der Waals surface area (Å²) in [6, 6.07) is 9.06. The maximum absolute atomic E-state index is 12.9. The number of halogens is 3. The number of hydrogen-bond acceptors (Lipinski definition) is 5. The molecule has 0 aliphatic rings. The summed E-state index contributed by atoms with van der Waals surface area (Å²) in [4.78, 5) is 24.5. The fourth-order valence-corrected chi connectivity index (χ4v) is 2.38. The van der Waals surface area contributed by atoms with E-state index < -0.39 is 35.3 Å². The Hall–Kier alpha value is -3.28. The van der Waals surface area contributed by atoms with Crippen molar-refractivity contribution >= 4 is 11.9 Å². The zero-order valence-electron chi connectivity index (χ0n) is 16.8. The SMILES string of the molecule is CC(OC(=O)c1ccc(-c2cccc(C(F)(F)F)c2)o1)C(=O)NC(C)(C#N)C(C)C. The Morgan fingerprint density at radius 1 is 1.17 bits per heavy atom. The molecule has 6 nitrogen and oxygen atoms in total.